The van der Waals surface area contributed by atoms with Crippen LogP contribution in [0.2, 0.25) is 0 Å². The molecule has 0 bridgehead atoms. The highest BCUT2D eigenvalue weighted by Crippen LogP contribution is 2.37. The van der Waals surface area contributed by atoms with Crippen LogP contribution in [-0.2, 0) is 4.79 Å². The van der Waals surface area contributed by atoms with Crippen LogP contribution in [0.5, 0.6) is 0 Å². The molecule has 112 valence electrons. The van der Waals surface area contributed by atoms with Gasteiger partial charge in [0.2, 0.25) is 5.76 Å². The molecule has 8 heteroatoms. The molecule has 2 atom stereocenters. The van der Waals surface area contributed by atoms with Gasteiger partial charge in [-0.2, -0.15) is 0 Å². The van der Waals surface area contributed by atoms with Crippen molar-refractivity contribution in [3.05, 3.63) is 22.6 Å². The van der Waals surface area contributed by atoms with Gasteiger partial charge >= 0.3 is 6.03 Å². The van der Waals surface area contributed by atoms with Crippen LogP contribution in [-0.4, -0.2) is 29.9 Å². The standard InChI is InChI=1S/C13H14BrN3O4/c14-8-3-5-21-9(8)10(18)15-6-7-2-1-4-13(7)11(19)16-12(20)17-13/h3,5,7H,1-2,4,6H2,(H,15,18)(H2,16,17,19,20). The van der Waals surface area contributed by atoms with Crippen LogP contribution in [0.25, 0.3) is 0 Å². The largest absolute Gasteiger partial charge is 0.458 e. The Hall–Kier alpha value is -1.83. The number of amides is 4. The Morgan fingerprint density at radius 3 is 2.95 bits per heavy atom. The van der Waals surface area contributed by atoms with E-state index in [0.29, 0.717) is 17.4 Å². The third kappa shape index (κ3) is 2.33. The monoisotopic (exact) mass is 355 g/mol. The number of hydrogen-bond donors (Lipinski definition) is 3. The minimum atomic E-state index is -0.884. The molecular weight excluding hydrogens is 342 g/mol. The van der Waals surface area contributed by atoms with Crippen LogP contribution in [0.3, 0.4) is 0 Å². The first-order valence-electron chi connectivity index (χ1n) is 6.68. The molecule has 1 saturated carbocycles. The van der Waals surface area contributed by atoms with E-state index in [-0.39, 0.29) is 23.5 Å². The lowest BCUT2D eigenvalue weighted by Gasteiger charge is -2.28. The van der Waals surface area contributed by atoms with E-state index < -0.39 is 11.6 Å². The fourth-order valence-corrected chi connectivity index (χ4v) is 3.46. The molecule has 2 aliphatic rings. The second-order valence-corrected chi connectivity index (χ2v) is 6.13. The molecule has 1 aliphatic carbocycles. The molecule has 1 saturated heterocycles. The molecule has 7 nitrogen and oxygen atoms in total. The van der Waals surface area contributed by atoms with Gasteiger partial charge in [0.15, 0.2) is 0 Å². The van der Waals surface area contributed by atoms with E-state index in [9.17, 15) is 14.4 Å². The lowest BCUT2D eigenvalue weighted by molar-refractivity contribution is -0.125. The van der Waals surface area contributed by atoms with Crippen molar-refractivity contribution in [3.8, 4) is 0 Å². The second kappa shape index (κ2) is 5.18. The molecular formula is C13H14BrN3O4. The average molecular weight is 356 g/mol. The van der Waals surface area contributed by atoms with E-state index in [0.717, 1.165) is 12.8 Å². The van der Waals surface area contributed by atoms with Crippen molar-refractivity contribution < 1.29 is 18.8 Å². The fraction of sp³-hybridized carbons (Fsp3) is 0.462. The highest BCUT2D eigenvalue weighted by Gasteiger charge is 2.54. The summed E-state index contributed by atoms with van der Waals surface area (Å²) in [7, 11) is 0. The Balaban J connectivity index is 1.68. The number of rotatable bonds is 3. The maximum absolute atomic E-state index is 12.0. The van der Waals surface area contributed by atoms with Crippen molar-refractivity contribution in [2.75, 3.05) is 6.54 Å². The molecule has 3 rings (SSSR count). The molecule has 1 aliphatic heterocycles. The Labute approximate surface area is 129 Å². The summed E-state index contributed by atoms with van der Waals surface area (Å²) in [5.74, 6) is -0.578. The summed E-state index contributed by atoms with van der Waals surface area (Å²) in [5.41, 5.74) is -0.884. The van der Waals surface area contributed by atoms with E-state index >= 15 is 0 Å². The lowest BCUT2D eigenvalue weighted by atomic mass is 9.87. The average Bonchev–Trinajstić information content (AvgIpc) is 3.09. The predicted molar refractivity (Wildman–Crippen MR) is 75.5 cm³/mol. The molecule has 1 aromatic rings. The molecule has 1 aromatic heterocycles. The van der Waals surface area contributed by atoms with Crippen molar-refractivity contribution >= 4 is 33.8 Å². The van der Waals surface area contributed by atoms with E-state index in [1.165, 1.54) is 6.26 Å². The summed E-state index contributed by atoms with van der Waals surface area (Å²) < 4.78 is 5.67. The van der Waals surface area contributed by atoms with Gasteiger partial charge in [-0.05, 0) is 34.8 Å². The molecule has 4 amide bonds. The van der Waals surface area contributed by atoms with Crippen molar-refractivity contribution in [2.24, 2.45) is 5.92 Å². The molecule has 3 N–H and O–H groups in total. The number of furan rings is 1. The number of carbonyl (C=O) groups excluding carboxylic acids is 3. The number of urea groups is 1. The summed E-state index contributed by atoms with van der Waals surface area (Å²) in [4.78, 5) is 35.4. The molecule has 2 heterocycles. The van der Waals surface area contributed by atoms with Crippen molar-refractivity contribution in [3.63, 3.8) is 0 Å². The van der Waals surface area contributed by atoms with Crippen LogP contribution < -0.4 is 16.0 Å². The van der Waals surface area contributed by atoms with Crippen LogP contribution in [0.4, 0.5) is 4.79 Å². The quantitative estimate of drug-likeness (QED) is 0.708. The molecule has 2 fully saturated rings. The van der Waals surface area contributed by atoms with Crippen LogP contribution in [0, 0.1) is 5.92 Å². The number of carbonyl (C=O) groups is 3. The minimum absolute atomic E-state index is 0.123. The number of nitrogens with one attached hydrogen (secondary N) is 3. The Bertz CT molecular complexity index is 614. The van der Waals surface area contributed by atoms with Gasteiger partial charge < -0.3 is 15.1 Å². The maximum atomic E-state index is 12.0. The van der Waals surface area contributed by atoms with Crippen molar-refractivity contribution in [1.82, 2.24) is 16.0 Å². The van der Waals surface area contributed by atoms with Crippen molar-refractivity contribution in [1.29, 1.82) is 0 Å². The zero-order valence-corrected chi connectivity index (χ0v) is 12.7. The van der Waals surface area contributed by atoms with Gasteiger partial charge in [0.1, 0.15) is 5.54 Å². The normalized spacial score (nSPS) is 27.8. The topological polar surface area (TPSA) is 100 Å². The summed E-state index contributed by atoms with van der Waals surface area (Å²) in [6.45, 7) is 0.305. The molecule has 0 aromatic carbocycles. The Morgan fingerprint density at radius 2 is 2.33 bits per heavy atom. The molecule has 0 radical (unpaired) electrons. The van der Waals surface area contributed by atoms with E-state index in [4.69, 9.17) is 4.42 Å². The summed E-state index contributed by atoms with van der Waals surface area (Å²) in [5, 5.41) is 7.75. The fourth-order valence-electron chi connectivity index (χ4n) is 3.07. The van der Waals surface area contributed by atoms with Gasteiger partial charge in [0.05, 0.1) is 10.7 Å². The van der Waals surface area contributed by atoms with Gasteiger partial charge in [-0.1, -0.05) is 6.42 Å². The first kappa shape index (κ1) is 14.1. The smallest absolute Gasteiger partial charge is 0.322 e. The molecule has 1 spiro atoms. The third-order valence-electron chi connectivity index (χ3n) is 4.12. The van der Waals surface area contributed by atoms with Crippen molar-refractivity contribution in [2.45, 2.75) is 24.8 Å². The highest BCUT2D eigenvalue weighted by atomic mass is 79.9. The minimum Gasteiger partial charge on any atom is -0.458 e. The van der Waals surface area contributed by atoms with E-state index in [1.807, 2.05) is 0 Å². The van der Waals surface area contributed by atoms with E-state index in [2.05, 4.69) is 31.9 Å². The summed E-state index contributed by atoms with van der Waals surface area (Å²) in [6.07, 6.45) is 3.61. The zero-order chi connectivity index (χ0) is 15.0. The van der Waals surface area contributed by atoms with Gasteiger partial charge in [-0.15, -0.1) is 0 Å². The van der Waals surface area contributed by atoms with Gasteiger partial charge in [-0.3, -0.25) is 14.9 Å². The highest BCUT2D eigenvalue weighted by molar-refractivity contribution is 9.10. The first-order chi connectivity index (χ1) is 10.0. The Morgan fingerprint density at radius 1 is 1.52 bits per heavy atom. The van der Waals surface area contributed by atoms with Gasteiger partial charge in [0.25, 0.3) is 11.8 Å². The number of hydrogen-bond acceptors (Lipinski definition) is 4. The zero-order valence-electron chi connectivity index (χ0n) is 11.1. The summed E-state index contributed by atoms with van der Waals surface area (Å²) >= 11 is 3.22. The Kier molecular flexibility index (Phi) is 3.48. The van der Waals surface area contributed by atoms with Crippen LogP contribution in [0.15, 0.2) is 21.2 Å². The number of halogens is 1. The SMILES string of the molecule is O=C1NC(=O)C2(CCCC2CNC(=O)c2occc2Br)N1. The molecule has 2 unspecified atom stereocenters. The van der Waals surface area contributed by atoms with Crippen LogP contribution >= 0.6 is 15.9 Å². The third-order valence-corrected chi connectivity index (χ3v) is 4.75. The maximum Gasteiger partial charge on any atom is 0.322 e. The van der Waals surface area contributed by atoms with Gasteiger partial charge in [0, 0.05) is 12.5 Å². The summed E-state index contributed by atoms with van der Waals surface area (Å²) in [6, 6.07) is 1.17. The first-order valence-corrected chi connectivity index (χ1v) is 7.47. The van der Waals surface area contributed by atoms with Crippen LogP contribution in [0.1, 0.15) is 29.8 Å². The lowest BCUT2D eigenvalue weighted by Crippen LogP contribution is -2.53. The predicted octanol–water partition coefficient (Wildman–Crippen LogP) is 1.15. The van der Waals surface area contributed by atoms with E-state index in [1.54, 1.807) is 6.07 Å². The van der Waals surface area contributed by atoms with Gasteiger partial charge in [-0.25, -0.2) is 4.79 Å². The molecule has 21 heavy (non-hydrogen) atoms. The number of imide groups is 1. The second-order valence-electron chi connectivity index (χ2n) is 5.28.